The van der Waals surface area contributed by atoms with Gasteiger partial charge in [0.15, 0.2) is 0 Å². The molecule has 0 spiro atoms. The molecule has 0 N–H and O–H groups in total. The summed E-state index contributed by atoms with van der Waals surface area (Å²) in [7, 11) is 0. The van der Waals surface area contributed by atoms with E-state index in [1.165, 1.54) is 0 Å². The normalized spacial score (nSPS) is 11.9. The minimum Gasteiger partial charge on any atom is -0.0794 e. The summed E-state index contributed by atoms with van der Waals surface area (Å²) < 4.78 is 2.11. The van der Waals surface area contributed by atoms with Crippen molar-refractivity contribution in [3.05, 3.63) is 146 Å². The molecule has 3 heteroatoms. The van der Waals surface area contributed by atoms with Crippen molar-refractivity contribution in [2.45, 2.75) is 0 Å². The van der Waals surface area contributed by atoms with Gasteiger partial charge >= 0.3 is 0 Å². The molecule has 0 aliphatic carbocycles. The molecule has 0 unspecified atom stereocenters. The van der Waals surface area contributed by atoms with Crippen molar-refractivity contribution in [2.24, 2.45) is 0 Å². The second-order valence-electron chi connectivity index (χ2n) is 7.27. The van der Waals surface area contributed by atoms with E-state index >= 15 is 0 Å². The van der Waals surface area contributed by atoms with Crippen LogP contribution in [-0.2, 0) is 0 Å². The van der Waals surface area contributed by atoms with Crippen LogP contribution in [0.4, 0.5) is 0 Å². The van der Waals surface area contributed by atoms with Gasteiger partial charge in [-0.05, 0) is 69.8 Å². The molecular weight excluding hydrogens is 540 g/mol. The predicted molar refractivity (Wildman–Crippen MR) is 149 cm³/mol. The van der Waals surface area contributed by atoms with Crippen LogP contribution in [0.1, 0.15) is 22.3 Å². The second kappa shape index (κ2) is 10.8. The first-order valence-electron chi connectivity index (χ1n) is 10.2. The summed E-state index contributed by atoms with van der Waals surface area (Å²) in [5.41, 5.74) is 6.61. The molecule has 0 saturated heterocycles. The number of hydrogen-bond donors (Lipinski definition) is 0. The van der Waals surface area contributed by atoms with Crippen molar-refractivity contribution >= 4 is 66.2 Å². The third kappa shape index (κ3) is 5.80. The van der Waals surface area contributed by atoms with E-state index in [9.17, 15) is 0 Å². The largest absolute Gasteiger partial charge is 0.0794 e. The Labute approximate surface area is 211 Å². The van der Waals surface area contributed by atoms with Gasteiger partial charge in [0.2, 0.25) is 0 Å². The van der Waals surface area contributed by atoms with Gasteiger partial charge in [-0.15, -0.1) is 0 Å². The summed E-state index contributed by atoms with van der Waals surface area (Å²) in [5, 5.41) is 0. The van der Waals surface area contributed by atoms with Gasteiger partial charge in [0, 0.05) is 13.8 Å². The van der Waals surface area contributed by atoms with Crippen molar-refractivity contribution in [3.8, 4) is 0 Å². The number of halogens is 2. The molecule has 0 aliphatic heterocycles. The van der Waals surface area contributed by atoms with Gasteiger partial charge in [-0.1, -0.05) is 129 Å². The zero-order valence-corrected chi connectivity index (χ0v) is 21.2. The van der Waals surface area contributed by atoms with Crippen LogP contribution in [0, 0.1) is 0 Å². The molecule has 4 aromatic rings. The molecular formula is C29H20Br2S. The van der Waals surface area contributed by atoms with Crippen molar-refractivity contribution in [2.75, 3.05) is 0 Å². The molecule has 0 atom stereocenters. The van der Waals surface area contributed by atoms with Crippen LogP contribution in [0.15, 0.2) is 124 Å². The predicted octanol–water partition coefficient (Wildman–Crippen LogP) is 9.25. The highest BCUT2D eigenvalue weighted by molar-refractivity contribution is 9.10. The Morgan fingerprint density at radius 3 is 1.56 bits per heavy atom. The summed E-state index contributed by atoms with van der Waals surface area (Å²) >= 11 is 12.9. The number of hydrogen-bond acceptors (Lipinski definition) is 1. The number of benzene rings is 4. The molecule has 32 heavy (non-hydrogen) atoms. The Kier molecular flexibility index (Phi) is 7.64. The van der Waals surface area contributed by atoms with Gasteiger partial charge in [-0.2, -0.15) is 0 Å². The Balaban J connectivity index is 1.92. The van der Waals surface area contributed by atoms with E-state index in [0.717, 1.165) is 47.2 Å². The van der Waals surface area contributed by atoms with E-state index in [0.29, 0.717) is 0 Å². The van der Waals surface area contributed by atoms with Gasteiger partial charge in [0.05, 0.1) is 0 Å². The van der Waals surface area contributed by atoms with Crippen LogP contribution in [0.5, 0.6) is 0 Å². The third-order valence-corrected chi connectivity index (χ3v) is 6.46. The zero-order chi connectivity index (χ0) is 22.3. The van der Waals surface area contributed by atoms with Crippen molar-refractivity contribution < 1.29 is 0 Å². The summed E-state index contributed by atoms with van der Waals surface area (Å²) in [6, 6.07) is 37.4. The lowest BCUT2D eigenvalue weighted by Gasteiger charge is -2.15. The first kappa shape index (κ1) is 22.6. The standard InChI is InChI=1S/C29H20Br2S/c30-25-15-11-21(12-16-25)19-27(22-7-3-1-4-8-22)28(23-13-17-26(31)18-14-23)20-29(32)24-9-5-2-6-10-24/h1-20H/b27-19+,28-20-. The summed E-state index contributed by atoms with van der Waals surface area (Å²) in [5.74, 6) is 0. The Hall–Kier alpha value is -2.59. The highest BCUT2D eigenvalue weighted by Crippen LogP contribution is 2.34. The summed E-state index contributed by atoms with van der Waals surface area (Å²) in [6.45, 7) is 0. The lowest BCUT2D eigenvalue weighted by atomic mass is 9.89. The van der Waals surface area contributed by atoms with E-state index in [1.807, 2.05) is 24.3 Å². The molecule has 0 amide bonds. The Morgan fingerprint density at radius 2 is 1.00 bits per heavy atom. The molecule has 0 aliphatic rings. The van der Waals surface area contributed by atoms with E-state index in [-0.39, 0.29) is 0 Å². The first-order chi connectivity index (χ1) is 15.6. The van der Waals surface area contributed by atoms with Gasteiger partial charge in [0.1, 0.15) is 0 Å². The highest BCUT2D eigenvalue weighted by atomic mass is 79.9. The molecule has 0 nitrogen and oxygen atoms in total. The highest BCUT2D eigenvalue weighted by Gasteiger charge is 2.13. The van der Waals surface area contributed by atoms with Crippen LogP contribution in [-0.4, -0.2) is 4.86 Å². The van der Waals surface area contributed by atoms with Crippen molar-refractivity contribution in [3.63, 3.8) is 0 Å². The van der Waals surface area contributed by atoms with Gasteiger partial charge in [-0.3, -0.25) is 0 Å². The fourth-order valence-electron chi connectivity index (χ4n) is 3.42. The van der Waals surface area contributed by atoms with E-state index in [1.54, 1.807) is 0 Å². The third-order valence-electron chi connectivity index (χ3n) is 5.04. The minimum absolute atomic E-state index is 0.807. The average molecular weight is 560 g/mol. The zero-order valence-electron chi connectivity index (χ0n) is 17.2. The fraction of sp³-hybridized carbons (Fsp3) is 0. The van der Waals surface area contributed by atoms with Crippen molar-refractivity contribution in [1.29, 1.82) is 0 Å². The van der Waals surface area contributed by atoms with Gasteiger partial charge in [0.25, 0.3) is 0 Å². The Morgan fingerprint density at radius 1 is 0.531 bits per heavy atom. The maximum Gasteiger partial charge on any atom is 0.0455 e. The Bertz CT molecular complexity index is 1250. The topological polar surface area (TPSA) is 0 Å². The van der Waals surface area contributed by atoms with E-state index in [4.69, 9.17) is 12.2 Å². The van der Waals surface area contributed by atoms with E-state index in [2.05, 4.69) is 129 Å². The summed E-state index contributed by atoms with van der Waals surface area (Å²) in [6.07, 6.45) is 4.34. The molecule has 0 aromatic heterocycles. The molecule has 4 aromatic carbocycles. The molecule has 0 heterocycles. The molecule has 0 bridgehead atoms. The van der Waals surface area contributed by atoms with Crippen LogP contribution in [0.25, 0.3) is 17.2 Å². The SMILES string of the molecule is S=C(/C=C(\C(=C\c1ccc(Br)cc1)c1ccccc1)c1ccc(Br)cc1)c1ccccc1. The van der Waals surface area contributed by atoms with Crippen LogP contribution in [0.2, 0.25) is 0 Å². The number of allylic oxidation sites excluding steroid dienone is 3. The summed E-state index contributed by atoms with van der Waals surface area (Å²) in [4.78, 5) is 0.807. The quantitative estimate of drug-likeness (QED) is 0.0745. The molecule has 0 saturated carbocycles. The smallest absolute Gasteiger partial charge is 0.0455 e. The first-order valence-corrected chi connectivity index (χ1v) is 12.2. The average Bonchev–Trinajstić information content (AvgIpc) is 2.84. The number of rotatable bonds is 6. The lowest BCUT2D eigenvalue weighted by Crippen LogP contribution is -1.98. The monoisotopic (exact) mass is 558 g/mol. The van der Waals surface area contributed by atoms with Crippen LogP contribution >= 0.6 is 44.1 Å². The van der Waals surface area contributed by atoms with Crippen molar-refractivity contribution in [1.82, 2.24) is 0 Å². The lowest BCUT2D eigenvalue weighted by molar-refractivity contribution is 1.56. The van der Waals surface area contributed by atoms with Gasteiger partial charge < -0.3 is 0 Å². The molecule has 0 radical (unpaired) electrons. The van der Waals surface area contributed by atoms with Gasteiger partial charge in [-0.25, -0.2) is 0 Å². The molecule has 0 fully saturated rings. The van der Waals surface area contributed by atoms with E-state index < -0.39 is 0 Å². The van der Waals surface area contributed by atoms with Crippen LogP contribution < -0.4 is 0 Å². The maximum absolute atomic E-state index is 5.85. The number of thiocarbonyl (C=S) groups is 1. The fourth-order valence-corrected chi connectivity index (χ4v) is 4.21. The minimum atomic E-state index is 0.807. The molecule has 156 valence electrons. The van der Waals surface area contributed by atoms with Crippen LogP contribution in [0.3, 0.4) is 0 Å². The maximum atomic E-state index is 5.85. The second-order valence-corrected chi connectivity index (χ2v) is 9.54. The molecule has 4 rings (SSSR count).